The van der Waals surface area contributed by atoms with Crippen LogP contribution < -0.4 is 0 Å². The maximum absolute atomic E-state index is 11.8. The number of esters is 1. The van der Waals surface area contributed by atoms with Crippen molar-refractivity contribution in [3.05, 3.63) is 39.6 Å². The van der Waals surface area contributed by atoms with Crippen molar-refractivity contribution in [2.24, 2.45) is 7.05 Å². The quantitative estimate of drug-likeness (QED) is 0.810. The van der Waals surface area contributed by atoms with Gasteiger partial charge in [0.05, 0.1) is 16.5 Å². The summed E-state index contributed by atoms with van der Waals surface area (Å²) in [7, 11) is 1.68. The lowest BCUT2D eigenvalue weighted by atomic mass is 10.1. The van der Waals surface area contributed by atoms with Crippen molar-refractivity contribution in [2.45, 2.75) is 19.4 Å². The van der Waals surface area contributed by atoms with E-state index in [-0.39, 0.29) is 12.4 Å². The molecule has 0 saturated carbocycles. The van der Waals surface area contributed by atoms with Crippen LogP contribution in [-0.4, -0.2) is 26.2 Å². The Balaban J connectivity index is 1.99. The predicted molar refractivity (Wildman–Crippen MR) is 73.5 cm³/mol. The van der Waals surface area contributed by atoms with E-state index in [2.05, 4.69) is 15.5 Å². The van der Waals surface area contributed by atoms with Crippen molar-refractivity contribution < 1.29 is 9.53 Å². The molecule has 0 aliphatic carbocycles. The molecule has 1 heterocycles. The average Bonchev–Trinajstić information content (AvgIpc) is 2.80. The first-order chi connectivity index (χ1) is 9.47. The molecule has 0 fully saturated rings. The fourth-order valence-electron chi connectivity index (χ4n) is 1.69. The van der Waals surface area contributed by atoms with E-state index in [0.717, 1.165) is 5.56 Å². The summed E-state index contributed by atoms with van der Waals surface area (Å²) in [4.78, 5) is 11.8. The minimum absolute atomic E-state index is 0.104. The number of ether oxygens (including phenoxy) is 1. The molecule has 8 heteroatoms. The van der Waals surface area contributed by atoms with Crippen molar-refractivity contribution in [1.82, 2.24) is 20.2 Å². The van der Waals surface area contributed by atoms with Gasteiger partial charge in [-0.1, -0.05) is 29.3 Å². The molecule has 2 aromatic rings. The van der Waals surface area contributed by atoms with Crippen LogP contribution in [0.25, 0.3) is 0 Å². The first-order valence-electron chi connectivity index (χ1n) is 5.83. The van der Waals surface area contributed by atoms with Gasteiger partial charge in [-0.3, -0.25) is 4.79 Å². The number of hydrogen-bond acceptors (Lipinski definition) is 5. The molecule has 2 rings (SSSR count). The average molecular weight is 315 g/mol. The van der Waals surface area contributed by atoms with Crippen LogP contribution in [0.2, 0.25) is 10.0 Å². The Hall–Kier alpha value is -1.66. The van der Waals surface area contributed by atoms with Gasteiger partial charge in [0.1, 0.15) is 0 Å². The summed E-state index contributed by atoms with van der Waals surface area (Å²) < 4.78 is 6.73. The first kappa shape index (κ1) is 14.7. The third kappa shape index (κ3) is 3.46. The van der Waals surface area contributed by atoms with Crippen LogP contribution >= 0.6 is 23.2 Å². The van der Waals surface area contributed by atoms with Crippen LogP contribution in [0.15, 0.2) is 18.2 Å². The lowest BCUT2D eigenvalue weighted by Crippen LogP contribution is -2.14. The van der Waals surface area contributed by atoms with E-state index >= 15 is 0 Å². The van der Waals surface area contributed by atoms with E-state index in [0.29, 0.717) is 15.9 Å². The van der Waals surface area contributed by atoms with Crippen LogP contribution in [-0.2, 0) is 23.0 Å². The maximum atomic E-state index is 11.8. The zero-order chi connectivity index (χ0) is 14.7. The molecule has 0 amide bonds. The van der Waals surface area contributed by atoms with Crippen molar-refractivity contribution in [2.75, 3.05) is 0 Å². The van der Waals surface area contributed by atoms with Crippen LogP contribution in [0.4, 0.5) is 0 Å². The van der Waals surface area contributed by atoms with Gasteiger partial charge in [-0.15, -0.1) is 5.10 Å². The number of carbonyl (C=O) groups excluding carboxylic acids is 1. The van der Waals surface area contributed by atoms with Gasteiger partial charge >= 0.3 is 5.97 Å². The second kappa shape index (κ2) is 6.19. The Morgan fingerprint density at radius 1 is 1.40 bits per heavy atom. The highest BCUT2D eigenvalue weighted by Gasteiger charge is 2.17. The highest BCUT2D eigenvalue weighted by Crippen LogP contribution is 2.23. The van der Waals surface area contributed by atoms with Gasteiger partial charge in [0.2, 0.25) is 0 Å². The molecule has 20 heavy (non-hydrogen) atoms. The van der Waals surface area contributed by atoms with Crippen LogP contribution in [0.1, 0.15) is 24.4 Å². The van der Waals surface area contributed by atoms with E-state index in [1.54, 1.807) is 32.2 Å². The van der Waals surface area contributed by atoms with E-state index in [1.165, 1.54) is 4.68 Å². The molecule has 0 bridgehead atoms. The summed E-state index contributed by atoms with van der Waals surface area (Å²) in [5.41, 5.74) is 0.729. The number of aryl methyl sites for hydroxylation is 1. The third-order valence-corrected chi connectivity index (χ3v) is 3.40. The fourth-order valence-corrected chi connectivity index (χ4v) is 2.01. The molecule has 0 aliphatic heterocycles. The van der Waals surface area contributed by atoms with E-state index < -0.39 is 6.10 Å². The summed E-state index contributed by atoms with van der Waals surface area (Å²) in [6.45, 7) is 1.71. The number of halogens is 2. The number of rotatable bonds is 4. The maximum Gasteiger partial charge on any atom is 0.310 e. The topological polar surface area (TPSA) is 69.9 Å². The normalized spacial score (nSPS) is 12.2. The Morgan fingerprint density at radius 3 is 2.75 bits per heavy atom. The smallest absolute Gasteiger partial charge is 0.310 e. The van der Waals surface area contributed by atoms with E-state index in [1.807, 2.05) is 0 Å². The van der Waals surface area contributed by atoms with Gasteiger partial charge < -0.3 is 4.74 Å². The molecule has 0 spiro atoms. The number of tetrazole rings is 1. The van der Waals surface area contributed by atoms with Gasteiger partial charge in [0.15, 0.2) is 11.9 Å². The number of benzene rings is 1. The molecule has 106 valence electrons. The van der Waals surface area contributed by atoms with E-state index in [4.69, 9.17) is 27.9 Å². The molecule has 1 atom stereocenters. The minimum Gasteiger partial charge on any atom is -0.454 e. The number of nitrogens with zero attached hydrogens (tertiary/aromatic N) is 4. The monoisotopic (exact) mass is 314 g/mol. The molecular formula is C12H12Cl2N4O2. The molecule has 0 N–H and O–H groups in total. The molecule has 0 radical (unpaired) electrons. The highest BCUT2D eigenvalue weighted by atomic mass is 35.5. The summed E-state index contributed by atoms with van der Waals surface area (Å²) in [5.74, 6) is 0.0892. The zero-order valence-corrected chi connectivity index (χ0v) is 12.4. The molecule has 1 aromatic carbocycles. The molecule has 0 aliphatic rings. The summed E-state index contributed by atoms with van der Waals surface area (Å²) in [6, 6.07) is 5.01. The molecule has 1 aromatic heterocycles. The second-order valence-corrected chi connectivity index (χ2v) is 5.03. The Morgan fingerprint density at radius 2 is 2.15 bits per heavy atom. The van der Waals surface area contributed by atoms with Crippen LogP contribution in [0.3, 0.4) is 0 Å². The largest absolute Gasteiger partial charge is 0.454 e. The minimum atomic E-state index is -0.523. The Kier molecular flexibility index (Phi) is 4.57. The zero-order valence-electron chi connectivity index (χ0n) is 10.9. The van der Waals surface area contributed by atoms with Gasteiger partial charge in [-0.25, -0.2) is 4.68 Å². The van der Waals surface area contributed by atoms with Gasteiger partial charge in [0, 0.05) is 7.05 Å². The summed E-state index contributed by atoms with van der Waals surface area (Å²) in [5, 5.41) is 11.8. The first-order valence-corrected chi connectivity index (χ1v) is 6.58. The summed E-state index contributed by atoms with van der Waals surface area (Å²) in [6.07, 6.45) is -0.419. The van der Waals surface area contributed by atoms with E-state index in [9.17, 15) is 4.79 Å². The molecule has 0 saturated heterocycles. The van der Waals surface area contributed by atoms with Crippen molar-refractivity contribution in [1.29, 1.82) is 0 Å². The molecule has 0 unspecified atom stereocenters. The highest BCUT2D eigenvalue weighted by molar-refractivity contribution is 6.42. The second-order valence-electron chi connectivity index (χ2n) is 4.22. The number of carbonyl (C=O) groups is 1. The fraction of sp³-hybridized carbons (Fsp3) is 0.333. The molecule has 6 nitrogen and oxygen atoms in total. The lowest BCUT2D eigenvalue weighted by Gasteiger charge is -2.11. The van der Waals surface area contributed by atoms with Gasteiger partial charge in [-0.2, -0.15) is 0 Å². The lowest BCUT2D eigenvalue weighted by molar-refractivity contribution is -0.148. The third-order valence-electron chi connectivity index (χ3n) is 2.66. The Bertz CT molecular complexity index is 630. The standard InChI is InChI=1S/C12H12Cl2N4O2/c1-7(12-15-16-17-18(12)2)20-11(19)6-8-3-4-9(13)10(14)5-8/h3-5,7H,6H2,1-2H3/t7-/m0/s1. The van der Waals surface area contributed by atoms with Crippen LogP contribution in [0.5, 0.6) is 0 Å². The van der Waals surface area contributed by atoms with Crippen molar-refractivity contribution >= 4 is 29.2 Å². The van der Waals surface area contributed by atoms with Crippen molar-refractivity contribution in [3.63, 3.8) is 0 Å². The summed E-state index contributed by atoms with van der Waals surface area (Å²) >= 11 is 11.7. The Labute approximate surface area is 125 Å². The van der Waals surface area contributed by atoms with Gasteiger partial charge in [0.25, 0.3) is 0 Å². The predicted octanol–water partition coefficient (Wildman–Crippen LogP) is 2.36. The number of aromatic nitrogens is 4. The number of hydrogen-bond donors (Lipinski definition) is 0. The van der Waals surface area contributed by atoms with Crippen LogP contribution in [0, 0.1) is 0 Å². The van der Waals surface area contributed by atoms with Gasteiger partial charge in [-0.05, 0) is 35.0 Å². The molecular weight excluding hydrogens is 303 g/mol. The van der Waals surface area contributed by atoms with Crippen molar-refractivity contribution in [3.8, 4) is 0 Å². The SMILES string of the molecule is C[C@H](OC(=O)Cc1ccc(Cl)c(Cl)c1)c1nnnn1C.